The van der Waals surface area contributed by atoms with Gasteiger partial charge in [-0.15, -0.1) is 0 Å². The summed E-state index contributed by atoms with van der Waals surface area (Å²) in [6.07, 6.45) is 2.76. The van der Waals surface area contributed by atoms with Crippen LogP contribution in [0.3, 0.4) is 0 Å². The van der Waals surface area contributed by atoms with Crippen molar-refractivity contribution < 1.29 is 4.79 Å². The third kappa shape index (κ3) is 3.51. The largest absolute Gasteiger partial charge is 0.347 e. The van der Waals surface area contributed by atoms with Crippen molar-refractivity contribution in [2.45, 2.75) is 6.54 Å². The molecule has 2 aromatic rings. The predicted octanol–water partition coefficient (Wildman–Crippen LogP) is 2.82. The molecule has 1 heterocycles. The van der Waals surface area contributed by atoms with Crippen molar-refractivity contribution >= 4 is 33.4 Å². The molecule has 6 heteroatoms. The highest BCUT2D eigenvalue weighted by atomic mass is 79.9. The molecule has 1 aromatic heterocycles. The standard InChI is InChI=1S/C12H9BrClN3O/c13-9-3-1-8(2-4-9)5-16-12(18)10-6-15-7-11(14)17-10/h1-4,6-7H,5H2,(H,16,18). The Morgan fingerprint density at radius 1 is 1.28 bits per heavy atom. The Morgan fingerprint density at radius 2 is 2.00 bits per heavy atom. The normalized spacial score (nSPS) is 10.1. The van der Waals surface area contributed by atoms with Gasteiger partial charge >= 0.3 is 0 Å². The number of halogens is 2. The Labute approximate surface area is 118 Å². The Hall–Kier alpha value is -1.46. The number of amides is 1. The fourth-order valence-corrected chi connectivity index (χ4v) is 1.74. The summed E-state index contributed by atoms with van der Waals surface area (Å²) in [6, 6.07) is 7.68. The van der Waals surface area contributed by atoms with E-state index < -0.39 is 0 Å². The molecule has 0 saturated heterocycles. The van der Waals surface area contributed by atoms with Crippen molar-refractivity contribution in [3.63, 3.8) is 0 Å². The van der Waals surface area contributed by atoms with E-state index in [-0.39, 0.29) is 16.8 Å². The lowest BCUT2D eigenvalue weighted by Gasteiger charge is -2.04. The molecule has 2 rings (SSSR count). The monoisotopic (exact) mass is 325 g/mol. The van der Waals surface area contributed by atoms with Crippen LogP contribution in [-0.4, -0.2) is 15.9 Å². The van der Waals surface area contributed by atoms with Crippen LogP contribution in [-0.2, 0) is 6.54 Å². The van der Waals surface area contributed by atoms with Crippen LogP contribution in [0.1, 0.15) is 16.1 Å². The zero-order valence-electron chi connectivity index (χ0n) is 9.23. The molecule has 0 aliphatic carbocycles. The van der Waals surface area contributed by atoms with E-state index in [0.717, 1.165) is 10.0 Å². The third-order valence-electron chi connectivity index (χ3n) is 2.20. The molecule has 18 heavy (non-hydrogen) atoms. The highest BCUT2D eigenvalue weighted by molar-refractivity contribution is 9.10. The SMILES string of the molecule is O=C(NCc1ccc(Br)cc1)c1cncc(Cl)n1. The van der Waals surface area contributed by atoms with E-state index >= 15 is 0 Å². The fraction of sp³-hybridized carbons (Fsp3) is 0.0833. The zero-order chi connectivity index (χ0) is 13.0. The van der Waals surface area contributed by atoms with Gasteiger partial charge in [0, 0.05) is 11.0 Å². The van der Waals surface area contributed by atoms with E-state index in [1.165, 1.54) is 12.4 Å². The summed E-state index contributed by atoms with van der Waals surface area (Å²) >= 11 is 9.01. The van der Waals surface area contributed by atoms with Gasteiger partial charge < -0.3 is 5.32 Å². The first-order valence-corrected chi connectivity index (χ1v) is 6.32. The molecule has 1 amide bonds. The lowest BCUT2D eigenvalue weighted by Crippen LogP contribution is -2.23. The minimum atomic E-state index is -0.298. The summed E-state index contributed by atoms with van der Waals surface area (Å²) in [5, 5.41) is 2.95. The van der Waals surface area contributed by atoms with Crippen LogP contribution in [0.2, 0.25) is 5.15 Å². The van der Waals surface area contributed by atoms with Gasteiger partial charge in [0.1, 0.15) is 10.8 Å². The Bertz CT molecular complexity index is 560. The van der Waals surface area contributed by atoms with Crippen LogP contribution >= 0.6 is 27.5 Å². The van der Waals surface area contributed by atoms with E-state index in [1.54, 1.807) is 0 Å². The molecule has 0 aliphatic heterocycles. The van der Waals surface area contributed by atoms with Gasteiger partial charge in [0.25, 0.3) is 5.91 Å². The van der Waals surface area contributed by atoms with Gasteiger partial charge in [-0.3, -0.25) is 9.78 Å². The second kappa shape index (κ2) is 5.93. The summed E-state index contributed by atoms with van der Waals surface area (Å²) in [5.74, 6) is -0.298. The maximum Gasteiger partial charge on any atom is 0.271 e. The van der Waals surface area contributed by atoms with Crippen molar-refractivity contribution in [1.82, 2.24) is 15.3 Å². The van der Waals surface area contributed by atoms with Gasteiger partial charge in [0.15, 0.2) is 0 Å². The lowest BCUT2D eigenvalue weighted by molar-refractivity contribution is 0.0945. The molecule has 0 atom stereocenters. The van der Waals surface area contributed by atoms with Gasteiger partial charge in [-0.25, -0.2) is 4.98 Å². The molecule has 0 spiro atoms. The van der Waals surface area contributed by atoms with Gasteiger partial charge in [0.2, 0.25) is 0 Å². The first-order chi connectivity index (χ1) is 8.65. The average molecular weight is 327 g/mol. The number of nitrogens with zero attached hydrogens (tertiary/aromatic N) is 2. The van der Waals surface area contributed by atoms with Crippen LogP contribution < -0.4 is 5.32 Å². The predicted molar refractivity (Wildman–Crippen MR) is 72.4 cm³/mol. The van der Waals surface area contributed by atoms with Crippen LogP contribution in [0.25, 0.3) is 0 Å². The Kier molecular flexibility index (Phi) is 4.28. The third-order valence-corrected chi connectivity index (χ3v) is 2.91. The molecule has 0 aliphatic rings. The molecule has 0 unspecified atom stereocenters. The van der Waals surface area contributed by atoms with Crippen molar-refractivity contribution in [3.8, 4) is 0 Å². The number of carbonyl (C=O) groups excluding carboxylic acids is 1. The van der Waals surface area contributed by atoms with Gasteiger partial charge in [-0.2, -0.15) is 0 Å². The summed E-state index contributed by atoms with van der Waals surface area (Å²) in [4.78, 5) is 19.4. The zero-order valence-corrected chi connectivity index (χ0v) is 11.6. The summed E-state index contributed by atoms with van der Waals surface area (Å²) < 4.78 is 0.998. The smallest absolute Gasteiger partial charge is 0.271 e. The summed E-state index contributed by atoms with van der Waals surface area (Å²) in [6.45, 7) is 0.431. The fourth-order valence-electron chi connectivity index (χ4n) is 1.33. The Balaban J connectivity index is 1.98. The summed E-state index contributed by atoms with van der Waals surface area (Å²) in [5.41, 5.74) is 1.21. The number of carbonyl (C=O) groups is 1. The molecule has 1 N–H and O–H groups in total. The molecule has 0 radical (unpaired) electrons. The van der Waals surface area contributed by atoms with E-state index in [9.17, 15) is 4.79 Å². The average Bonchev–Trinajstić information content (AvgIpc) is 2.38. The van der Waals surface area contributed by atoms with Crippen molar-refractivity contribution in [2.75, 3.05) is 0 Å². The number of benzene rings is 1. The van der Waals surface area contributed by atoms with E-state index in [0.29, 0.717) is 6.54 Å². The van der Waals surface area contributed by atoms with Crippen LogP contribution in [0.15, 0.2) is 41.1 Å². The lowest BCUT2D eigenvalue weighted by atomic mass is 10.2. The molecule has 0 fully saturated rings. The summed E-state index contributed by atoms with van der Waals surface area (Å²) in [7, 11) is 0. The highest BCUT2D eigenvalue weighted by Gasteiger charge is 2.07. The second-order valence-corrected chi connectivity index (χ2v) is 4.84. The number of aromatic nitrogens is 2. The molecular formula is C12H9BrClN3O. The first-order valence-electron chi connectivity index (χ1n) is 5.15. The van der Waals surface area contributed by atoms with Crippen LogP contribution in [0.5, 0.6) is 0 Å². The minimum Gasteiger partial charge on any atom is -0.347 e. The van der Waals surface area contributed by atoms with Gasteiger partial charge in [-0.05, 0) is 17.7 Å². The van der Waals surface area contributed by atoms with Crippen LogP contribution in [0.4, 0.5) is 0 Å². The number of nitrogens with one attached hydrogen (secondary N) is 1. The topological polar surface area (TPSA) is 54.9 Å². The number of hydrogen-bond acceptors (Lipinski definition) is 3. The van der Waals surface area contributed by atoms with Crippen LogP contribution in [0, 0.1) is 0 Å². The van der Waals surface area contributed by atoms with Crippen molar-refractivity contribution in [2.24, 2.45) is 0 Å². The minimum absolute atomic E-state index is 0.200. The molecular weight excluding hydrogens is 318 g/mol. The Morgan fingerprint density at radius 3 is 2.67 bits per heavy atom. The first kappa shape index (κ1) is 13.0. The quantitative estimate of drug-likeness (QED) is 0.943. The molecule has 0 saturated carbocycles. The number of rotatable bonds is 3. The van der Waals surface area contributed by atoms with Gasteiger partial charge in [-0.1, -0.05) is 39.7 Å². The number of hydrogen-bond donors (Lipinski definition) is 1. The van der Waals surface area contributed by atoms with Crippen molar-refractivity contribution in [1.29, 1.82) is 0 Å². The van der Waals surface area contributed by atoms with Crippen molar-refractivity contribution in [3.05, 3.63) is 57.5 Å². The molecule has 1 aromatic carbocycles. The molecule has 92 valence electrons. The second-order valence-electron chi connectivity index (χ2n) is 3.54. The molecule has 4 nitrogen and oxygen atoms in total. The maximum absolute atomic E-state index is 11.8. The van der Waals surface area contributed by atoms with E-state index in [4.69, 9.17) is 11.6 Å². The maximum atomic E-state index is 11.8. The van der Waals surface area contributed by atoms with E-state index in [2.05, 4.69) is 31.2 Å². The van der Waals surface area contributed by atoms with E-state index in [1.807, 2.05) is 24.3 Å². The van der Waals surface area contributed by atoms with Gasteiger partial charge in [0.05, 0.1) is 12.4 Å². The molecule has 0 bridgehead atoms. The highest BCUT2D eigenvalue weighted by Crippen LogP contribution is 2.10.